The maximum Gasteiger partial charge on any atom is 0.235 e. The molecule has 12 heavy (non-hydrogen) atoms. The number of hydrogen-bond acceptors (Lipinski definition) is 3. The fraction of sp³-hybridized carbons (Fsp3) is 0.143. The highest BCUT2D eigenvalue weighted by Gasteiger charge is 2.01. The number of aryl methyl sites for hydroxylation is 1. The van der Waals surface area contributed by atoms with E-state index in [1.807, 2.05) is 13.0 Å². The SMILES string of the molecule is Cc1cc(Br)c(/C=C/[N+](=O)[O-])s1. The van der Waals surface area contributed by atoms with Crippen molar-refractivity contribution in [1.82, 2.24) is 0 Å². The van der Waals surface area contributed by atoms with E-state index >= 15 is 0 Å². The van der Waals surface area contributed by atoms with Crippen LogP contribution in [0.1, 0.15) is 9.75 Å². The Morgan fingerprint density at radius 2 is 2.42 bits per heavy atom. The van der Waals surface area contributed by atoms with E-state index in [1.54, 1.807) is 0 Å². The molecule has 1 heterocycles. The standard InChI is InChI=1S/C7H6BrNO2S/c1-5-4-6(8)7(12-5)2-3-9(10)11/h2-4H,1H3/b3-2+. The largest absolute Gasteiger partial charge is 0.259 e. The molecule has 0 saturated carbocycles. The highest BCUT2D eigenvalue weighted by atomic mass is 79.9. The second-order valence-electron chi connectivity index (χ2n) is 2.17. The molecule has 0 aliphatic heterocycles. The highest BCUT2D eigenvalue weighted by Crippen LogP contribution is 2.27. The van der Waals surface area contributed by atoms with Crippen LogP contribution in [0, 0.1) is 17.0 Å². The van der Waals surface area contributed by atoms with Crippen molar-refractivity contribution in [3.05, 3.63) is 36.6 Å². The van der Waals surface area contributed by atoms with Crippen LogP contribution >= 0.6 is 27.3 Å². The van der Waals surface area contributed by atoms with Crippen molar-refractivity contribution in [2.24, 2.45) is 0 Å². The quantitative estimate of drug-likeness (QED) is 0.596. The summed E-state index contributed by atoms with van der Waals surface area (Å²) in [5, 5.41) is 10.00. The molecular weight excluding hydrogens is 242 g/mol. The topological polar surface area (TPSA) is 43.1 Å². The molecule has 0 unspecified atom stereocenters. The Hall–Kier alpha value is -0.680. The van der Waals surface area contributed by atoms with Crippen molar-refractivity contribution in [2.45, 2.75) is 6.92 Å². The number of rotatable bonds is 2. The third-order valence-electron chi connectivity index (χ3n) is 1.18. The van der Waals surface area contributed by atoms with Crippen molar-refractivity contribution in [3.8, 4) is 0 Å². The summed E-state index contributed by atoms with van der Waals surface area (Å²) in [6.45, 7) is 1.96. The van der Waals surface area contributed by atoms with Crippen LogP contribution in [0.2, 0.25) is 0 Å². The molecule has 0 aromatic carbocycles. The Morgan fingerprint density at radius 3 is 2.83 bits per heavy atom. The Bertz CT molecular complexity index is 332. The van der Waals surface area contributed by atoms with Crippen LogP contribution in [0.4, 0.5) is 0 Å². The van der Waals surface area contributed by atoms with Gasteiger partial charge < -0.3 is 0 Å². The van der Waals surface area contributed by atoms with Gasteiger partial charge in [0.2, 0.25) is 6.20 Å². The summed E-state index contributed by atoms with van der Waals surface area (Å²) in [6.07, 6.45) is 2.43. The van der Waals surface area contributed by atoms with Crippen molar-refractivity contribution in [2.75, 3.05) is 0 Å². The summed E-state index contributed by atoms with van der Waals surface area (Å²) in [4.78, 5) is 11.5. The van der Waals surface area contributed by atoms with Crippen LogP contribution in [0.15, 0.2) is 16.7 Å². The predicted octanol–water partition coefficient (Wildman–Crippen LogP) is 3.07. The smallest absolute Gasteiger partial charge is 0.235 e. The number of hydrogen-bond donors (Lipinski definition) is 0. The van der Waals surface area contributed by atoms with E-state index in [2.05, 4.69) is 15.9 Å². The van der Waals surface area contributed by atoms with E-state index in [0.29, 0.717) is 0 Å². The Morgan fingerprint density at radius 1 is 1.75 bits per heavy atom. The molecule has 64 valence electrons. The van der Waals surface area contributed by atoms with Gasteiger partial charge in [-0.25, -0.2) is 0 Å². The van der Waals surface area contributed by atoms with E-state index in [0.717, 1.165) is 20.4 Å². The Balaban J connectivity index is 2.89. The van der Waals surface area contributed by atoms with Crippen molar-refractivity contribution in [3.63, 3.8) is 0 Å². The maximum atomic E-state index is 10.00. The van der Waals surface area contributed by atoms with Crippen LogP contribution < -0.4 is 0 Å². The fourth-order valence-electron chi connectivity index (χ4n) is 0.743. The zero-order chi connectivity index (χ0) is 9.14. The lowest BCUT2D eigenvalue weighted by atomic mass is 10.4. The zero-order valence-corrected chi connectivity index (χ0v) is 8.68. The first-order chi connectivity index (χ1) is 5.59. The molecule has 0 N–H and O–H groups in total. The molecule has 0 fully saturated rings. The van der Waals surface area contributed by atoms with Gasteiger partial charge in [0.15, 0.2) is 0 Å². The minimum atomic E-state index is -0.471. The molecule has 0 bridgehead atoms. The number of nitrogens with zero attached hydrogens (tertiary/aromatic N) is 1. The minimum Gasteiger partial charge on any atom is -0.259 e. The zero-order valence-electron chi connectivity index (χ0n) is 6.28. The number of thiophene rings is 1. The summed E-state index contributed by atoms with van der Waals surface area (Å²) in [7, 11) is 0. The van der Waals surface area contributed by atoms with Crippen LogP contribution in [0.25, 0.3) is 6.08 Å². The van der Waals surface area contributed by atoms with E-state index in [1.165, 1.54) is 17.4 Å². The van der Waals surface area contributed by atoms with Gasteiger partial charge in [0.25, 0.3) is 0 Å². The van der Waals surface area contributed by atoms with Crippen LogP contribution in [0.3, 0.4) is 0 Å². The fourth-order valence-corrected chi connectivity index (χ4v) is 2.42. The van der Waals surface area contributed by atoms with Gasteiger partial charge in [-0.15, -0.1) is 11.3 Å². The highest BCUT2D eigenvalue weighted by molar-refractivity contribution is 9.10. The average Bonchev–Trinajstić information content (AvgIpc) is 2.26. The number of nitro groups is 1. The summed E-state index contributed by atoms with van der Waals surface area (Å²) in [6, 6.07) is 1.93. The van der Waals surface area contributed by atoms with Crippen LogP contribution in [-0.2, 0) is 0 Å². The lowest BCUT2D eigenvalue weighted by molar-refractivity contribution is -0.400. The third-order valence-corrected chi connectivity index (χ3v) is 3.12. The second kappa shape index (κ2) is 3.82. The van der Waals surface area contributed by atoms with Gasteiger partial charge in [-0.2, -0.15) is 0 Å². The third kappa shape index (κ3) is 2.42. The summed E-state index contributed by atoms with van der Waals surface area (Å²) < 4.78 is 0.906. The average molecular weight is 248 g/mol. The molecule has 0 aliphatic carbocycles. The van der Waals surface area contributed by atoms with Crippen LogP contribution in [-0.4, -0.2) is 4.92 Å². The maximum absolute atomic E-state index is 10.00. The molecule has 1 rings (SSSR count). The normalized spacial score (nSPS) is 10.8. The van der Waals surface area contributed by atoms with Crippen molar-refractivity contribution >= 4 is 33.3 Å². The molecule has 0 atom stereocenters. The van der Waals surface area contributed by atoms with Gasteiger partial charge in [0.1, 0.15) is 0 Å². The first-order valence-electron chi connectivity index (χ1n) is 3.17. The van der Waals surface area contributed by atoms with E-state index < -0.39 is 4.92 Å². The van der Waals surface area contributed by atoms with Gasteiger partial charge in [-0.05, 0) is 28.9 Å². The van der Waals surface area contributed by atoms with E-state index in [4.69, 9.17) is 0 Å². The van der Waals surface area contributed by atoms with E-state index in [9.17, 15) is 10.1 Å². The van der Waals surface area contributed by atoms with Gasteiger partial charge in [-0.3, -0.25) is 10.1 Å². The van der Waals surface area contributed by atoms with Crippen LogP contribution in [0.5, 0.6) is 0 Å². The van der Waals surface area contributed by atoms with Crippen molar-refractivity contribution < 1.29 is 4.92 Å². The molecule has 3 nitrogen and oxygen atoms in total. The molecule has 0 saturated heterocycles. The molecule has 0 aliphatic rings. The second-order valence-corrected chi connectivity index (χ2v) is 4.31. The predicted molar refractivity (Wildman–Crippen MR) is 52.8 cm³/mol. The summed E-state index contributed by atoms with van der Waals surface area (Å²) in [5.41, 5.74) is 0. The molecule has 0 amide bonds. The lowest BCUT2D eigenvalue weighted by Crippen LogP contribution is -1.80. The number of halogens is 1. The molecule has 1 aromatic rings. The first-order valence-corrected chi connectivity index (χ1v) is 4.78. The van der Waals surface area contributed by atoms with Gasteiger partial charge in [0, 0.05) is 20.3 Å². The molecule has 0 radical (unpaired) electrons. The van der Waals surface area contributed by atoms with Crippen molar-refractivity contribution in [1.29, 1.82) is 0 Å². The molecule has 5 heteroatoms. The monoisotopic (exact) mass is 247 g/mol. The Labute approximate surface area is 82.0 Å². The van der Waals surface area contributed by atoms with Gasteiger partial charge in [-0.1, -0.05) is 0 Å². The lowest BCUT2D eigenvalue weighted by Gasteiger charge is -1.82. The first kappa shape index (κ1) is 9.41. The molecule has 1 aromatic heterocycles. The summed E-state index contributed by atoms with van der Waals surface area (Å²) in [5.74, 6) is 0. The summed E-state index contributed by atoms with van der Waals surface area (Å²) >= 11 is 4.82. The van der Waals surface area contributed by atoms with Gasteiger partial charge >= 0.3 is 0 Å². The minimum absolute atomic E-state index is 0.471. The van der Waals surface area contributed by atoms with Gasteiger partial charge in [0.05, 0.1) is 4.92 Å². The van der Waals surface area contributed by atoms with E-state index in [-0.39, 0.29) is 0 Å². The molecule has 0 spiro atoms. The Kier molecular flexibility index (Phi) is 2.99. The molecular formula is C7H6BrNO2S.